The summed E-state index contributed by atoms with van der Waals surface area (Å²) in [5.41, 5.74) is 1.23. The molecule has 0 atom stereocenters. The van der Waals surface area contributed by atoms with Gasteiger partial charge in [0, 0.05) is 6.21 Å². The van der Waals surface area contributed by atoms with Crippen LogP contribution in [0.4, 0.5) is 14.5 Å². The molecule has 7 nitrogen and oxygen atoms in total. The van der Waals surface area contributed by atoms with Crippen LogP contribution in [0.25, 0.3) is 0 Å². The van der Waals surface area contributed by atoms with E-state index >= 15 is 0 Å². The Kier molecular flexibility index (Phi) is 16.8. The number of aliphatic imine (C=N–C) groups is 1. The molecule has 0 amide bonds. The van der Waals surface area contributed by atoms with E-state index in [-0.39, 0.29) is 18.1 Å². The number of unbranched alkanes of at least 4 members (excludes halogenated alkanes) is 10. The minimum Gasteiger partial charge on any atom is -0.494 e. The minimum atomic E-state index is -1.31. The number of halogens is 2. The SMILES string of the molecule is CCCCCCCCOc1ccc(C(=O)Oc2ccc(N=Cc3ccc(OC(=O)c4ccc(OCCCCCCCC)c(F)c4F)cc3)cc2)cc1. The molecule has 0 aromatic heterocycles. The number of carbonyl (C=O) groups is 2. The largest absolute Gasteiger partial charge is 0.494 e. The van der Waals surface area contributed by atoms with Crippen LogP contribution in [-0.2, 0) is 0 Å². The van der Waals surface area contributed by atoms with Crippen LogP contribution in [0.15, 0.2) is 89.9 Å². The highest BCUT2D eigenvalue weighted by atomic mass is 19.2. The Hall–Kier alpha value is -5.05. The summed E-state index contributed by atoms with van der Waals surface area (Å²) in [7, 11) is 0. The van der Waals surface area contributed by atoms with Gasteiger partial charge >= 0.3 is 11.9 Å². The normalized spacial score (nSPS) is 11.1. The summed E-state index contributed by atoms with van der Waals surface area (Å²) in [5.74, 6) is -2.99. The average Bonchev–Trinajstić information content (AvgIpc) is 3.16. The molecule has 0 aliphatic carbocycles. The van der Waals surface area contributed by atoms with Crippen LogP contribution in [0.2, 0.25) is 0 Å². The first-order valence-electron chi connectivity index (χ1n) is 18.4. The Balaban J connectivity index is 1.20. The highest BCUT2D eigenvalue weighted by Gasteiger charge is 2.21. The first-order chi connectivity index (χ1) is 25.4. The van der Waals surface area contributed by atoms with Gasteiger partial charge in [0.1, 0.15) is 17.2 Å². The van der Waals surface area contributed by atoms with Crippen molar-refractivity contribution in [1.82, 2.24) is 0 Å². The number of carbonyl (C=O) groups excluding carboxylic acids is 2. The molecule has 52 heavy (non-hydrogen) atoms. The molecular weight excluding hydrogens is 664 g/mol. The fraction of sp³-hybridized carbons (Fsp3) is 0.372. The summed E-state index contributed by atoms with van der Waals surface area (Å²) in [6, 6.07) is 22.5. The molecule has 0 saturated heterocycles. The molecule has 9 heteroatoms. The van der Waals surface area contributed by atoms with Crippen molar-refractivity contribution in [3.8, 4) is 23.0 Å². The van der Waals surface area contributed by atoms with Gasteiger partial charge in [-0.1, -0.05) is 78.1 Å². The molecule has 0 aliphatic heterocycles. The van der Waals surface area contributed by atoms with Gasteiger partial charge in [0.2, 0.25) is 5.82 Å². The number of ether oxygens (including phenoxy) is 4. The smallest absolute Gasteiger partial charge is 0.346 e. The zero-order valence-electron chi connectivity index (χ0n) is 30.2. The summed E-state index contributed by atoms with van der Waals surface area (Å²) in [6.45, 7) is 5.28. The standard InChI is InChI=1S/C43H49F2NO6/c1-3-5-7-9-11-13-29-49-35-23-17-33(18-24-35)42(47)51-37-25-19-34(20-26-37)46-31-32-15-21-36(22-16-32)52-43(48)38-27-28-39(41(45)40(38)44)50-30-14-12-10-8-6-4-2/h15-28,31H,3-14,29-30H2,1-2H3. The lowest BCUT2D eigenvalue weighted by Crippen LogP contribution is -2.12. The van der Waals surface area contributed by atoms with Gasteiger partial charge in [-0.2, -0.15) is 4.39 Å². The zero-order valence-corrected chi connectivity index (χ0v) is 30.2. The van der Waals surface area contributed by atoms with E-state index in [2.05, 4.69) is 18.8 Å². The maximum absolute atomic E-state index is 14.7. The van der Waals surface area contributed by atoms with Crippen molar-refractivity contribution in [1.29, 1.82) is 0 Å². The molecule has 4 rings (SSSR count). The second-order valence-electron chi connectivity index (χ2n) is 12.6. The first kappa shape index (κ1) is 39.7. The summed E-state index contributed by atoms with van der Waals surface area (Å²) in [6.07, 6.45) is 15.0. The Bertz CT molecular complexity index is 1710. The molecule has 4 aromatic carbocycles. The van der Waals surface area contributed by atoms with Crippen LogP contribution in [0.5, 0.6) is 23.0 Å². The van der Waals surface area contributed by atoms with Crippen molar-refractivity contribution < 1.29 is 37.3 Å². The van der Waals surface area contributed by atoms with E-state index in [1.165, 1.54) is 50.3 Å². The Morgan fingerprint density at radius 1 is 0.558 bits per heavy atom. The summed E-state index contributed by atoms with van der Waals surface area (Å²) < 4.78 is 51.3. The number of hydrogen-bond acceptors (Lipinski definition) is 7. The van der Waals surface area contributed by atoms with Gasteiger partial charge in [0.15, 0.2) is 11.6 Å². The number of esters is 2. The maximum Gasteiger partial charge on any atom is 0.346 e. The summed E-state index contributed by atoms with van der Waals surface area (Å²) in [4.78, 5) is 29.7. The van der Waals surface area contributed by atoms with Gasteiger partial charge in [-0.05, 0) is 103 Å². The predicted molar refractivity (Wildman–Crippen MR) is 201 cm³/mol. The third kappa shape index (κ3) is 13.2. The molecule has 0 fully saturated rings. The molecule has 0 aliphatic rings. The average molecular weight is 714 g/mol. The molecule has 0 N–H and O–H groups in total. The monoisotopic (exact) mass is 713 g/mol. The molecule has 0 saturated carbocycles. The van der Waals surface area contributed by atoms with Crippen LogP contribution >= 0.6 is 0 Å². The Morgan fingerprint density at radius 3 is 1.69 bits per heavy atom. The van der Waals surface area contributed by atoms with Crippen molar-refractivity contribution in [3.63, 3.8) is 0 Å². The number of rotatable bonds is 22. The van der Waals surface area contributed by atoms with Gasteiger partial charge in [-0.3, -0.25) is 4.99 Å². The Morgan fingerprint density at radius 2 is 1.08 bits per heavy atom. The molecule has 276 valence electrons. The molecule has 0 unspecified atom stereocenters. The van der Waals surface area contributed by atoms with E-state index in [1.807, 2.05) is 0 Å². The van der Waals surface area contributed by atoms with Crippen molar-refractivity contribution in [3.05, 3.63) is 113 Å². The molecule has 0 bridgehead atoms. The van der Waals surface area contributed by atoms with Gasteiger partial charge < -0.3 is 18.9 Å². The topological polar surface area (TPSA) is 83.4 Å². The lowest BCUT2D eigenvalue weighted by atomic mass is 10.1. The highest BCUT2D eigenvalue weighted by molar-refractivity contribution is 5.92. The van der Waals surface area contributed by atoms with Crippen molar-refractivity contribution in [2.24, 2.45) is 4.99 Å². The number of hydrogen-bond donors (Lipinski definition) is 0. The second kappa shape index (κ2) is 22.0. The van der Waals surface area contributed by atoms with Gasteiger partial charge in [-0.15, -0.1) is 0 Å². The number of nitrogens with zero attached hydrogens (tertiary/aromatic N) is 1. The van der Waals surface area contributed by atoms with Crippen molar-refractivity contribution in [2.45, 2.75) is 90.9 Å². The molecule has 0 spiro atoms. The third-order valence-electron chi connectivity index (χ3n) is 8.38. The summed E-state index contributed by atoms with van der Waals surface area (Å²) in [5, 5.41) is 0. The van der Waals surface area contributed by atoms with E-state index in [0.717, 1.165) is 56.8 Å². The first-order valence-corrected chi connectivity index (χ1v) is 18.4. The molecule has 0 radical (unpaired) electrons. The van der Waals surface area contributed by atoms with Gasteiger partial charge in [0.25, 0.3) is 0 Å². The highest BCUT2D eigenvalue weighted by Crippen LogP contribution is 2.25. The fourth-order valence-electron chi connectivity index (χ4n) is 5.32. The van der Waals surface area contributed by atoms with Gasteiger partial charge in [0.05, 0.1) is 30.0 Å². The van der Waals surface area contributed by atoms with Crippen molar-refractivity contribution >= 4 is 23.8 Å². The molecular formula is C43H49F2NO6. The fourth-order valence-corrected chi connectivity index (χ4v) is 5.32. The van der Waals surface area contributed by atoms with E-state index in [4.69, 9.17) is 18.9 Å². The van der Waals surface area contributed by atoms with E-state index < -0.39 is 29.1 Å². The van der Waals surface area contributed by atoms with Crippen LogP contribution in [0.3, 0.4) is 0 Å². The van der Waals surface area contributed by atoms with E-state index in [9.17, 15) is 18.4 Å². The van der Waals surface area contributed by atoms with E-state index in [1.54, 1.807) is 66.9 Å². The van der Waals surface area contributed by atoms with Crippen LogP contribution < -0.4 is 18.9 Å². The van der Waals surface area contributed by atoms with Crippen LogP contribution in [0, 0.1) is 11.6 Å². The number of benzene rings is 4. The lowest BCUT2D eigenvalue weighted by molar-refractivity contribution is 0.0721. The van der Waals surface area contributed by atoms with Crippen LogP contribution in [0.1, 0.15) is 117 Å². The third-order valence-corrected chi connectivity index (χ3v) is 8.38. The Labute approximate surface area is 306 Å². The van der Waals surface area contributed by atoms with Crippen LogP contribution in [-0.4, -0.2) is 31.4 Å². The lowest BCUT2D eigenvalue weighted by Gasteiger charge is -2.10. The zero-order chi connectivity index (χ0) is 37.0. The maximum atomic E-state index is 14.7. The predicted octanol–water partition coefficient (Wildman–Crippen LogP) is 11.6. The molecule has 0 heterocycles. The van der Waals surface area contributed by atoms with Gasteiger partial charge in [-0.25, -0.2) is 14.0 Å². The molecule has 4 aromatic rings. The minimum absolute atomic E-state index is 0.159. The summed E-state index contributed by atoms with van der Waals surface area (Å²) >= 11 is 0. The van der Waals surface area contributed by atoms with Crippen molar-refractivity contribution in [2.75, 3.05) is 13.2 Å². The second-order valence-corrected chi connectivity index (χ2v) is 12.6. The van der Waals surface area contributed by atoms with E-state index in [0.29, 0.717) is 29.2 Å². The quantitative estimate of drug-likeness (QED) is 0.0349.